The van der Waals surface area contributed by atoms with Gasteiger partial charge in [0.05, 0.1) is 13.5 Å². The summed E-state index contributed by atoms with van der Waals surface area (Å²) in [6.45, 7) is 11.7. The van der Waals surface area contributed by atoms with E-state index in [0.29, 0.717) is 6.42 Å². The summed E-state index contributed by atoms with van der Waals surface area (Å²) < 4.78 is 4.69. The Balaban J connectivity index is 1.77. The molecule has 160 valence electrons. The maximum atomic E-state index is 11.2. The smallest absolute Gasteiger partial charge is 0.306 e. The van der Waals surface area contributed by atoms with E-state index in [1.807, 2.05) is 0 Å². The van der Waals surface area contributed by atoms with Crippen molar-refractivity contribution in [3.8, 4) is 0 Å². The van der Waals surface area contributed by atoms with Crippen LogP contribution in [-0.4, -0.2) is 18.8 Å². The summed E-state index contributed by atoms with van der Waals surface area (Å²) in [4.78, 5) is 12.4. The summed E-state index contributed by atoms with van der Waals surface area (Å²) in [6.07, 6.45) is 5.17. The highest BCUT2D eigenvalue weighted by atomic mass is 32.2. The van der Waals surface area contributed by atoms with Crippen LogP contribution in [-0.2, 0) is 20.4 Å². The third-order valence-electron chi connectivity index (χ3n) is 6.37. The van der Waals surface area contributed by atoms with Gasteiger partial charge in [-0.3, -0.25) is 4.79 Å². The minimum atomic E-state index is -0.158. The molecular weight excluding hydrogens is 388 g/mol. The van der Waals surface area contributed by atoms with Gasteiger partial charge in [0.15, 0.2) is 0 Å². The van der Waals surface area contributed by atoms with Crippen molar-refractivity contribution >= 4 is 29.4 Å². The van der Waals surface area contributed by atoms with Crippen LogP contribution in [0.25, 0.3) is 11.6 Å². The molecule has 3 rings (SSSR count). The number of thioether (sulfide) groups is 1. The average molecular weight is 423 g/mol. The topological polar surface area (TPSA) is 26.3 Å². The number of allylic oxidation sites excluding steroid dienone is 1. The molecule has 0 amide bonds. The minimum Gasteiger partial charge on any atom is -0.469 e. The van der Waals surface area contributed by atoms with Crippen LogP contribution in [0.3, 0.4) is 0 Å². The lowest BCUT2D eigenvalue weighted by molar-refractivity contribution is -0.140. The molecule has 0 unspecified atom stereocenters. The Kier molecular flexibility index (Phi) is 6.81. The van der Waals surface area contributed by atoms with Gasteiger partial charge in [-0.05, 0) is 70.6 Å². The number of benzene rings is 2. The third-order valence-corrected chi connectivity index (χ3v) is 7.39. The van der Waals surface area contributed by atoms with E-state index in [4.69, 9.17) is 4.74 Å². The van der Waals surface area contributed by atoms with Crippen LogP contribution in [0.4, 0.5) is 0 Å². The Morgan fingerprint density at radius 2 is 1.63 bits per heavy atom. The highest BCUT2D eigenvalue weighted by molar-refractivity contribution is 7.99. The zero-order valence-electron chi connectivity index (χ0n) is 19.2. The lowest BCUT2D eigenvalue weighted by atomic mass is 9.63. The molecule has 0 saturated carbocycles. The Hall–Kier alpha value is -2.00. The van der Waals surface area contributed by atoms with Crippen LogP contribution in [0, 0.1) is 0 Å². The fraction of sp³-hybridized carbons (Fsp3) is 0.444. The first kappa shape index (κ1) is 22.7. The lowest BCUT2D eigenvalue weighted by Crippen LogP contribution is -2.33. The molecule has 2 aromatic rings. The predicted octanol–water partition coefficient (Wildman–Crippen LogP) is 7.25. The number of carbonyl (C=O) groups is 1. The SMILES string of the molecule is COC(=O)CCSc1ccc(C=C(C)c2ccc3c(c2)C(C)(C)CCC3(C)C)cc1. The van der Waals surface area contributed by atoms with Crippen LogP contribution >= 0.6 is 11.8 Å². The maximum absolute atomic E-state index is 11.2. The van der Waals surface area contributed by atoms with Crippen molar-refractivity contribution in [2.24, 2.45) is 0 Å². The molecule has 30 heavy (non-hydrogen) atoms. The van der Waals surface area contributed by atoms with E-state index in [2.05, 4.69) is 83.2 Å². The van der Waals surface area contributed by atoms with E-state index in [9.17, 15) is 4.79 Å². The molecule has 0 saturated heterocycles. The zero-order valence-corrected chi connectivity index (χ0v) is 20.0. The fourth-order valence-electron chi connectivity index (χ4n) is 4.18. The maximum Gasteiger partial charge on any atom is 0.306 e. The summed E-state index contributed by atoms with van der Waals surface area (Å²) in [6, 6.07) is 15.6. The molecule has 0 heterocycles. The van der Waals surface area contributed by atoms with Crippen molar-refractivity contribution in [2.75, 3.05) is 12.9 Å². The number of carbonyl (C=O) groups excluding carboxylic acids is 1. The van der Waals surface area contributed by atoms with E-state index in [1.165, 1.54) is 52.7 Å². The Labute approximate surface area is 186 Å². The van der Waals surface area contributed by atoms with Crippen LogP contribution in [0.15, 0.2) is 47.4 Å². The normalized spacial score (nSPS) is 17.3. The molecule has 0 aliphatic heterocycles. The van der Waals surface area contributed by atoms with E-state index in [1.54, 1.807) is 11.8 Å². The second kappa shape index (κ2) is 9.01. The van der Waals surface area contributed by atoms with Crippen molar-refractivity contribution in [1.82, 2.24) is 0 Å². The number of hydrogen-bond donors (Lipinski definition) is 0. The van der Waals surface area contributed by atoms with Crippen molar-refractivity contribution in [1.29, 1.82) is 0 Å². The zero-order chi connectivity index (χ0) is 21.9. The first-order valence-electron chi connectivity index (χ1n) is 10.8. The molecule has 2 aromatic carbocycles. The summed E-state index contributed by atoms with van der Waals surface area (Å²) >= 11 is 1.68. The Morgan fingerprint density at radius 1 is 1.00 bits per heavy atom. The molecule has 0 radical (unpaired) electrons. The van der Waals surface area contributed by atoms with Crippen molar-refractivity contribution in [3.05, 3.63) is 64.7 Å². The molecule has 1 aliphatic carbocycles. The van der Waals surface area contributed by atoms with E-state index < -0.39 is 0 Å². The first-order valence-corrected chi connectivity index (χ1v) is 11.7. The number of methoxy groups -OCH3 is 1. The number of ether oxygens (including phenoxy) is 1. The van der Waals surface area contributed by atoms with Gasteiger partial charge in [-0.1, -0.05) is 64.1 Å². The fourth-order valence-corrected chi connectivity index (χ4v) is 5.01. The molecule has 0 N–H and O–H groups in total. The van der Waals surface area contributed by atoms with Gasteiger partial charge < -0.3 is 4.74 Å². The van der Waals surface area contributed by atoms with Gasteiger partial charge in [0.1, 0.15) is 0 Å². The van der Waals surface area contributed by atoms with Crippen LogP contribution in [0.1, 0.15) is 76.1 Å². The first-order chi connectivity index (χ1) is 14.1. The predicted molar refractivity (Wildman–Crippen MR) is 129 cm³/mol. The molecule has 0 atom stereocenters. The summed E-state index contributed by atoms with van der Waals surface area (Å²) in [5.41, 5.74) is 7.26. The van der Waals surface area contributed by atoms with Crippen LogP contribution in [0.2, 0.25) is 0 Å². The van der Waals surface area contributed by atoms with Crippen molar-refractivity contribution < 1.29 is 9.53 Å². The minimum absolute atomic E-state index is 0.158. The summed E-state index contributed by atoms with van der Waals surface area (Å²) in [5.74, 6) is 0.580. The molecule has 0 bridgehead atoms. The van der Waals surface area contributed by atoms with Crippen LogP contribution in [0.5, 0.6) is 0 Å². The largest absolute Gasteiger partial charge is 0.469 e. The van der Waals surface area contributed by atoms with Gasteiger partial charge in [-0.15, -0.1) is 11.8 Å². The number of fused-ring (bicyclic) bond motifs is 1. The average Bonchev–Trinajstić information content (AvgIpc) is 2.72. The van der Waals surface area contributed by atoms with Crippen molar-refractivity contribution in [2.45, 2.75) is 69.6 Å². The number of esters is 1. The third kappa shape index (κ3) is 5.18. The molecule has 2 nitrogen and oxygen atoms in total. The Morgan fingerprint density at radius 3 is 2.27 bits per heavy atom. The van der Waals surface area contributed by atoms with Gasteiger partial charge in [-0.25, -0.2) is 0 Å². The molecule has 0 aromatic heterocycles. The summed E-state index contributed by atoms with van der Waals surface area (Å²) in [7, 11) is 1.43. The lowest BCUT2D eigenvalue weighted by Gasteiger charge is -2.42. The van der Waals surface area contributed by atoms with Crippen LogP contribution < -0.4 is 0 Å². The van der Waals surface area contributed by atoms with Gasteiger partial charge in [0.25, 0.3) is 0 Å². The molecular formula is C27H34O2S. The molecule has 0 fully saturated rings. The van der Waals surface area contributed by atoms with Crippen molar-refractivity contribution in [3.63, 3.8) is 0 Å². The van der Waals surface area contributed by atoms with Gasteiger partial charge in [0.2, 0.25) is 0 Å². The summed E-state index contributed by atoms with van der Waals surface area (Å²) in [5, 5.41) is 0. The van der Waals surface area contributed by atoms with E-state index >= 15 is 0 Å². The van der Waals surface area contributed by atoms with Gasteiger partial charge in [0, 0.05) is 10.6 Å². The van der Waals surface area contributed by atoms with Gasteiger partial charge >= 0.3 is 5.97 Å². The van der Waals surface area contributed by atoms with E-state index in [-0.39, 0.29) is 16.8 Å². The number of hydrogen-bond acceptors (Lipinski definition) is 3. The standard InChI is InChI=1S/C27H34O2S/c1-19(17-20-7-10-22(11-8-20)30-16-13-25(28)29-6)21-9-12-23-24(18-21)27(4,5)15-14-26(23,2)3/h7-12,17-18H,13-16H2,1-6H3. The number of rotatable bonds is 6. The van der Waals surface area contributed by atoms with E-state index in [0.717, 1.165) is 5.75 Å². The highest BCUT2D eigenvalue weighted by Crippen LogP contribution is 2.46. The van der Waals surface area contributed by atoms with Gasteiger partial charge in [-0.2, -0.15) is 0 Å². The molecule has 3 heteroatoms. The second-order valence-electron chi connectivity index (χ2n) is 9.60. The second-order valence-corrected chi connectivity index (χ2v) is 10.8. The molecule has 0 spiro atoms. The highest BCUT2D eigenvalue weighted by Gasteiger charge is 2.36. The molecule has 1 aliphatic rings. The quantitative estimate of drug-likeness (QED) is 0.278. The Bertz CT molecular complexity index is 936. The monoisotopic (exact) mass is 422 g/mol.